The van der Waals surface area contributed by atoms with Crippen LogP contribution in [0.3, 0.4) is 0 Å². The molecule has 0 spiro atoms. The van der Waals surface area contributed by atoms with E-state index in [1.54, 1.807) is 0 Å². The van der Waals surface area contributed by atoms with Gasteiger partial charge < -0.3 is 15.2 Å². The minimum absolute atomic E-state index is 0.318. The van der Waals surface area contributed by atoms with Crippen LogP contribution in [0.1, 0.15) is 12.5 Å². The summed E-state index contributed by atoms with van der Waals surface area (Å²) in [6.07, 6.45) is 2.44. The predicted molar refractivity (Wildman–Crippen MR) is 87.7 cm³/mol. The molecule has 0 aliphatic heterocycles. The molecule has 0 radical (unpaired) electrons. The van der Waals surface area contributed by atoms with Crippen LogP contribution in [-0.4, -0.2) is 42.4 Å². The average Bonchev–Trinajstić information content (AvgIpc) is 2.49. The van der Waals surface area contributed by atoms with E-state index in [2.05, 4.69) is 31.0 Å². The van der Waals surface area contributed by atoms with Crippen LogP contribution in [0, 0.1) is 0 Å². The summed E-state index contributed by atoms with van der Waals surface area (Å²) < 4.78 is 5.55. The number of hydrogen-bond donors (Lipinski definition) is 2. The van der Waals surface area contributed by atoms with E-state index >= 15 is 0 Å². The Morgan fingerprint density at radius 1 is 1.40 bits per heavy atom. The minimum atomic E-state index is -0.481. The van der Waals surface area contributed by atoms with Gasteiger partial charge in [-0.25, -0.2) is 0 Å². The molecule has 0 fully saturated rings. The molecule has 0 aromatic heterocycles. The molecule has 0 saturated heterocycles. The van der Waals surface area contributed by atoms with Crippen molar-refractivity contribution in [1.29, 1.82) is 0 Å². The molecule has 1 unspecified atom stereocenters. The maximum absolute atomic E-state index is 9.80. The summed E-state index contributed by atoms with van der Waals surface area (Å²) in [6.45, 7) is 7.56. The van der Waals surface area contributed by atoms with Gasteiger partial charge in [0, 0.05) is 24.6 Å². The Kier molecular flexibility index (Phi) is 9.20. The zero-order valence-corrected chi connectivity index (χ0v) is 13.0. The number of thioether (sulfide) groups is 1. The van der Waals surface area contributed by atoms with Crippen LogP contribution in [0.4, 0.5) is 0 Å². The lowest BCUT2D eigenvalue weighted by Crippen LogP contribution is -2.32. The Morgan fingerprint density at radius 2 is 2.15 bits per heavy atom. The first-order valence-electron chi connectivity index (χ1n) is 7.05. The Labute approximate surface area is 126 Å². The highest BCUT2D eigenvalue weighted by atomic mass is 32.2. The third-order valence-electron chi connectivity index (χ3n) is 2.81. The van der Waals surface area contributed by atoms with Crippen LogP contribution in [0.2, 0.25) is 0 Å². The molecule has 0 amide bonds. The molecule has 0 bridgehead atoms. The normalized spacial score (nSPS) is 12.1. The minimum Gasteiger partial charge on any atom is -0.491 e. The summed E-state index contributed by atoms with van der Waals surface area (Å²) in [5.41, 5.74) is 1.29. The van der Waals surface area contributed by atoms with E-state index in [1.807, 2.05) is 30.0 Å². The fourth-order valence-electron chi connectivity index (χ4n) is 1.65. The lowest BCUT2D eigenvalue weighted by molar-refractivity contribution is 0.107. The van der Waals surface area contributed by atoms with Gasteiger partial charge in [-0.2, -0.15) is 11.8 Å². The SMILES string of the molecule is C=CCSCCNCC(O)COc1ccc(CC)cc1. The zero-order chi connectivity index (χ0) is 14.6. The molecular weight excluding hydrogens is 270 g/mol. The van der Waals surface area contributed by atoms with E-state index < -0.39 is 6.10 Å². The van der Waals surface area contributed by atoms with Crippen molar-refractivity contribution in [3.05, 3.63) is 42.5 Å². The number of benzene rings is 1. The van der Waals surface area contributed by atoms with Gasteiger partial charge in [-0.15, -0.1) is 6.58 Å². The smallest absolute Gasteiger partial charge is 0.119 e. The topological polar surface area (TPSA) is 41.5 Å². The zero-order valence-electron chi connectivity index (χ0n) is 12.2. The standard InChI is InChI=1S/C16H25NO2S/c1-3-10-20-11-9-17-12-15(18)13-19-16-7-5-14(4-2)6-8-16/h3,5-8,15,17-18H,1,4,9-13H2,2H3. The molecule has 0 saturated carbocycles. The van der Waals surface area contributed by atoms with Crippen molar-refractivity contribution < 1.29 is 9.84 Å². The summed E-state index contributed by atoms with van der Waals surface area (Å²) in [4.78, 5) is 0. The summed E-state index contributed by atoms with van der Waals surface area (Å²) >= 11 is 1.83. The Balaban J connectivity index is 2.09. The molecule has 0 aliphatic rings. The second-order valence-corrected chi connectivity index (χ2v) is 5.68. The van der Waals surface area contributed by atoms with E-state index in [0.717, 1.165) is 30.2 Å². The van der Waals surface area contributed by atoms with Crippen molar-refractivity contribution in [2.24, 2.45) is 0 Å². The van der Waals surface area contributed by atoms with E-state index in [-0.39, 0.29) is 0 Å². The number of aryl methyl sites for hydroxylation is 1. The fourth-order valence-corrected chi connectivity index (χ4v) is 2.27. The van der Waals surface area contributed by atoms with Crippen LogP contribution < -0.4 is 10.1 Å². The van der Waals surface area contributed by atoms with Crippen molar-refractivity contribution >= 4 is 11.8 Å². The first-order valence-corrected chi connectivity index (χ1v) is 8.21. The molecule has 20 heavy (non-hydrogen) atoms. The van der Waals surface area contributed by atoms with Crippen LogP contribution in [0.15, 0.2) is 36.9 Å². The molecule has 0 aliphatic carbocycles. The summed E-state index contributed by atoms with van der Waals surface area (Å²) in [5.74, 6) is 2.81. The molecule has 4 heteroatoms. The lowest BCUT2D eigenvalue weighted by atomic mass is 10.2. The molecule has 3 nitrogen and oxygen atoms in total. The van der Waals surface area contributed by atoms with Gasteiger partial charge >= 0.3 is 0 Å². The Bertz CT molecular complexity index is 367. The number of aliphatic hydroxyl groups excluding tert-OH is 1. The largest absolute Gasteiger partial charge is 0.491 e. The molecular formula is C16H25NO2S. The van der Waals surface area contributed by atoms with Gasteiger partial charge in [-0.1, -0.05) is 25.1 Å². The van der Waals surface area contributed by atoms with Gasteiger partial charge in [0.25, 0.3) is 0 Å². The monoisotopic (exact) mass is 295 g/mol. The highest BCUT2D eigenvalue weighted by Gasteiger charge is 2.04. The van der Waals surface area contributed by atoms with Gasteiger partial charge in [0.05, 0.1) is 0 Å². The van der Waals surface area contributed by atoms with Crippen molar-refractivity contribution in [2.45, 2.75) is 19.4 Å². The van der Waals surface area contributed by atoms with Crippen LogP contribution in [-0.2, 0) is 6.42 Å². The number of nitrogens with one attached hydrogen (secondary N) is 1. The molecule has 1 rings (SSSR count). The van der Waals surface area contributed by atoms with Crippen LogP contribution >= 0.6 is 11.8 Å². The van der Waals surface area contributed by atoms with Crippen molar-refractivity contribution in [3.63, 3.8) is 0 Å². The number of rotatable bonds is 11. The maximum Gasteiger partial charge on any atom is 0.119 e. The number of hydrogen-bond acceptors (Lipinski definition) is 4. The predicted octanol–water partition coefficient (Wildman–Crippen LogP) is 2.50. The second-order valence-electron chi connectivity index (χ2n) is 4.53. The maximum atomic E-state index is 9.80. The van der Waals surface area contributed by atoms with Crippen LogP contribution in [0.25, 0.3) is 0 Å². The summed E-state index contributed by atoms with van der Waals surface area (Å²) in [7, 11) is 0. The van der Waals surface area contributed by atoms with Crippen molar-refractivity contribution in [2.75, 3.05) is 31.2 Å². The van der Waals surface area contributed by atoms with Crippen molar-refractivity contribution in [1.82, 2.24) is 5.32 Å². The average molecular weight is 295 g/mol. The first-order chi connectivity index (χ1) is 9.76. The second kappa shape index (κ2) is 10.8. The third-order valence-corrected chi connectivity index (χ3v) is 3.78. The molecule has 1 atom stereocenters. The lowest BCUT2D eigenvalue weighted by Gasteiger charge is -2.13. The van der Waals surface area contributed by atoms with Crippen molar-refractivity contribution in [3.8, 4) is 5.75 Å². The third kappa shape index (κ3) is 7.58. The summed E-state index contributed by atoms with van der Waals surface area (Å²) in [5, 5.41) is 13.0. The molecule has 1 aromatic rings. The van der Waals surface area contributed by atoms with Gasteiger partial charge in [0.2, 0.25) is 0 Å². The van der Waals surface area contributed by atoms with E-state index in [9.17, 15) is 5.11 Å². The molecule has 112 valence electrons. The number of aliphatic hydroxyl groups is 1. The number of ether oxygens (including phenoxy) is 1. The van der Waals surface area contributed by atoms with Crippen LogP contribution in [0.5, 0.6) is 5.75 Å². The van der Waals surface area contributed by atoms with Gasteiger partial charge in [0.1, 0.15) is 18.5 Å². The fraction of sp³-hybridized carbons (Fsp3) is 0.500. The van der Waals surface area contributed by atoms with E-state index in [0.29, 0.717) is 13.2 Å². The van der Waals surface area contributed by atoms with Gasteiger partial charge in [-0.05, 0) is 24.1 Å². The highest BCUT2D eigenvalue weighted by Crippen LogP contribution is 2.12. The molecule has 2 N–H and O–H groups in total. The van der Waals surface area contributed by atoms with E-state index in [4.69, 9.17) is 4.74 Å². The Morgan fingerprint density at radius 3 is 2.80 bits per heavy atom. The van der Waals surface area contributed by atoms with Gasteiger partial charge in [-0.3, -0.25) is 0 Å². The Hall–Kier alpha value is -0.970. The molecule has 0 heterocycles. The summed E-state index contributed by atoms with van der Waals surface area (Å²) in [6, 6.07) is 8.00. The van der Waals surface area contributed by atoms with Gasteiger partial charge in [0.15, 0.2) is 0 Å². The quantitative estimate of drug-likeness (QED) is 0.486. The van der Waals surface area contributed by atoms with E-state index in [1.165, 1.54) is 5.56 Å². The first kappa shape index (κ1) is 17.1. The highest BCUT2D eigenvalue weighted by molar-refractivity contribution is 7.99. The molecule has 1 aromatic carbocycles.